The molecule has 0 aliphatic heterocycles. The molecule has 0 aliphatic carbocycles. The van der Waals surface area contributed by atoms with Gasteiger partial charge < -0.3 is 4.40 Å². The van der Waals surface area contributed by atoms with Crippen LogP contribution in [-0.4, -0.2) is 54.2 Å². The Hall–Kier alpha value is -18.0. The zero-order valence-electron chi connectivity index (χ0n) is 76.7. The number of thiophene rings is 4. The molecule has 670 valence electrons. The van der Waals surface area contributed by atoms with E-state index in [9.17, 15) is 0 Å². The van der Waals surface area contributed by atoms with Gasteiger partial charge in [-0.05, 0) is 157 Å². The van der Waals surface area contributed by atoms with Gasteiger partial charge in [-0.25, -0.2) is 49.8 Å². The second kappa shape index (κ2) is 37.1. The van der Waals surface area contributed by atoms with Crippen molar-refractivity contribution in [3.05, 3.63) is 480 Å². The molecule has 0 fully saturated rings. The van der Waals surface area contributed by atoms with Crippen LogP contribution in [-0.2, 0) is 0 Å². The third-order valence-electron chi connectivity index (χ3n) is 26.4. The molecule has 0 radical (unpaired) electrons. The Labute approximate surface area is 838 Å². The van der Waals surface area contributed by atoms with Gasteiger partial charge in [-0.3, -0.25) is 0 Å². The first-order valence-corrected chi connectivity index (χ1v) is 50.7. The first-order valence-electron chi connectivity index (χ1n) is 47.4. The Morgan fingerprint density at radius 1 is 0.140 bits per heavy atom. The SMILES string of the molecule is c1ccc(-c2nc(-c3ccc(-c4ccc5ccccc5c4)cc3)nc(-c3ccc(-c4ccc5sc6ccccc6c5c4)cc3)n2)cc1.c1ccc(-c2nc(-c3ccc(-c4ccc5sc6ccccc6c5c4)cc3)nc(-c3ccc(-c4ccc5sc6ccccc6c5c4)cc3)n2)cc1.c1ccc(-c2nc(-c3ccc(-c4ccc5sc6ccccc6c5c4)cc3)nc(-c3ccc(-c4cn5ccccc5n4)cc3)n2)cc1. The number of hydrogen-bond acceptors (Lipinski definition) is 14. The van der Waals surface area contributed by atoms with Gasteiger partial charge in [0.15, 0.2) is 52.4 Å². The van der Waals surface area contributed by atoms with Crippen LogP contribution in [0.3, 0.4) is 0 Å². The minimum absolute atomic E-state index is 0.629. The molecule has 15 heteroatoms. The van der Waals surface area contributed by atoms with Crippen molar-refractivity contribution in [1.82, 2.24) is 54.2 Å². The molecule has 0 unspecified atom stereocenters. The van der Waals surface area contributed by atoms with Crippen LogP contribution in [0, 0.1) is 0 Å². The fourth-order valence-corrected chi connectivity index (χ4v) is 23.3. The summed E-state index contributed by atoms with van der Waals surface area (Å²) in [4.78, 5) is 49.4. The van der Waals surface area contributed by atoms with Crippen LogP contribution in [0.1, 0.15) is 0 Å². The highest BCUT2D eigenvalue weighted by atomic mass is 32.1. The molecule has 0 saturated carbocycles. The Morgan fingerprint density at radius 2 is 0.357 bits per heavy atom. The summed E-state index contributed by atoms with van der Waals surface area (Å²) < 4.78 is 12.5. The van der Waals surface area contributed by atoms with Crippen LogP contribution < -0.4 is 0 Å². The van der Waals surface area contributed by atoms with E-state index in [1.807, 2.05) is 171 Å². The largest absolute Gasteiger partial charge is 0.306 e. The smallest absolute Gasteiger partial charge is 0.164 e. The van der Waals surface area contributed by atoms with Crippen LogP contribution in [0.4, 0.5) is 0 Å². The minimum atomic E-state index is 0.629. The Morgan fingerprint density at radius 3 is 0.650 bits per heavy atom. The van der Waals surface area contributed by atoms with Gasteiger partial charge >= 0.3 is 0 Å². The summed E-state index contributed by atoms with van der Waals surface area (Å²) in [6.07, 6.45) is 4.05. The average molecular weight is 1900 g/mol. The molecule has 0 aliphatic rings. The van der Waals surface area contributed by atoms with Gasteiger partial charge in [0.2, 0.25) is 0 Å². The molecule has 0 spiro atoms. The van der Waals surface area contributed by atoms with E-state index >= 15 is 0 Å². The lowest BCUT2D eigenvalue weighted by molar-refractivity contribution is 1.07. The highest BCUT2D eigenvalue weighted by molar-refractivity contribution is 7.27. The molecule has 28 aromatic rings. The van der Waals surface area contributed by atoms with Gasteiger partial charge in [-0.2, -0.15) is 0 Å². The van der Waals surface area contributed by atoms with Crippen LogP contribution >= 0.6 is 45.3 Å². The summed E-state index contributed by atoms with van der Waals surface area (Å²) in [6.45, 7) is 0. The molecule has 0 atom stereocenters. The highest BCUT2D eigenvalue weighted by Gasteiger charge is 2.21. The molecule has 9 heterocycles. The van der Waals surface area contributed by atoms with E-state index in [-0.39, 0.29) is 0 Å². The molecule has 143 heavy (non-hydrogen) atoms. The van der Waals surface area contributed by atoms with Crippen molar-refractivity contribution in [3.63, 3.8) is 0 Å². The molecular formula is C128H79N11S4. The van der Waals surface area contributed by atoms with Crippen molar-refractivity contribution in [2.75, 3.05) is 0 Å². The molecular weight excluding hydrogens is 1820 g/mol. The molecule has 0 saturated heterocycles. The molecule has 0 N–H and O–H groups in total. The quantitative estimate of drug-likeness (QED) is 0.0977. The lowest BCUT2D eigenvalue weighted by Crippen LogP contribution is -2.00. The van der Waals surface area contributed by atoms with Crippen LogP contribution in [0.2, 0.25) is 0 Å². The van der Waals surface area contributed by atoms with E-state index in [1.54, 1.807) is 0 Å². The van der Waals surface area contributed by atoms with Crippen LogP contribution in [0.15, 0.2) is 480 Å². The van der Waals surface area contributed by atoms with Gasteiger partial charge in [0, 0.05) is 149 Å². The topological polar surface area (TPSA) is 133 Å². The number of aromatic nitrogens is 11. The lowest BCUT2D eigenvalue weighted by atomic mass is 10.00. The van der Waals surface area contributed by atoms with E-state index in [2.05, 4.69) is 358 Å². The fraction of sp³-hybridized carbons (Fsp3) is 0. The number of fused-ring (bicyclic) bond motifs is 14. The first kappa shape index (κ1) is 85.5. The number of nitrogens with zero attached hydrogens (tertiary/aromatic N) is 11. The Balaban J connectivity index is 0.000000110. The van der Waals surface area contributed by atoms with Gasteiger partial charge in [-0.15, -0.1) is 45.3 Å². The van der Waals surface area contributed by atoms with Crippen molar-refractivity contribution in [2.45, 2.75) is 0 Å². The summed E-state index contributed by atoms with van der Waals surface area (Å²) in [5, 5.41) is 12.9. The van der Waals surface area contributed by atoms with Crippen molar-refractivity contribution in [3.8, 4) is 169 Å². The summed E-state index contributed by atoms with van der Waals surface area (Å²) in [5.41, 5.74) is 23.1. The molecule has 0 bridgehead atoms. The van der Waals surface area contributed by atoms with E-state index in [0.29, 0.717) is 52.4 Å². The third-order valence-corrected chi connectivity index (χ3v) is 31.1. The standard InChI is InChI=1S/C45H27N3S2.C43H27N3S.C40H25N5S/c1-2-8-30(9-3-1)43-46-44(31-18-14-28(15-19-31)33-22-24-41-37(26-33)35-10-4-6-12-39(35)49-41)48-45(47-43)32-20-16-29(17-21-32)34-23-25-42-38(27-34)36-11-5-7-13-40(36)50-42;1-2-9-31(10-3-1)41-44-42(32-19-14-29(15-20-32)35-23-18-28-8-4-5-11-34(28)26-35)46-43(45-41)33-21-16-30(17-22-33)36-24-25-40-38(27-36)37-12-6-7-13-39(37)47-40;1-2-8-28(9-3-1)38-42-39(44-40(43-38)30-19-15-27(16-20-30)34-25-45-23-7-6-12-37(45)41-34)29-17-13-26(14-18-29)31-21-22-36-33(24-31)32-10-4-5-11-35(32)46-36/h1-27H;1-27H;1-25H. The van der Waals surface area contributed by atoms with Crippen molar-refractivity contribution in [1.29, 1.82) is 0 Å². The van der Waals surface area contributed by atoms with Crippen molar-refractivity contribution < 1.29 is 0 Å². The second-order valence-electron chi connectivity index (χ2n) is 35.4. The summed E-state index contributed by atoms with van der Waals surface area (Å²) in [7, 11) is 0. The monoisotopic (exact) mass is 1900 g/mol. The average Bonchev–Trinajstić information content (AvgIpc) is 1.66. The maximum Gasteiger partial charge on any atom is 0.164 e. The maximum atomic E-state index is 5.02. The normalized spacial score (nSPS) is 11.5. The number of rotatable bonds is 15. The molecule has 11 nitrogen and oxygen atoms in total. The van der Waals surface area contributed by atoms with Crippen LogP contribution in [0.25, 0.3) is 266 Å². The zero-order chi connectivity index (χ0) is 94.6. The third kappa shape index (κ3) is 17.1. The van der Waals surface area contributed by atoms with Gasteiger partial charge in [0.25, 0.3) is 0 Å². The molecule has 19 aromatic carbocycles. The predicted molar refractivity (Wildman–Crippen MR) is 599 cm³/mol. The van der Waals surface area contributed by atoms with E-state index in [1.165, 1.54) is 119 Å². The second-order valence-corrected chi connectivity index (χ2v) is 39.7. The van der Waals surface area contributed by atoms with Gasteiger partial charge in [0.1, 0.15) is 5.65 Å². The summed E-state index contributed by atoms with van der Waals surface area (Å²) >= 11 is 7.36. The van der Waals surface area contributed by atoms with Crippen LogP contribution in [0.5, 0.6) is 0 Å². The number of benzene rings is 19. The number of pyridine rings is 1. The summed E-state index contributed by atoms with van der Waals surface area (Å²) in [6, 6.07) is 164. The Bertz CT molecular complexity index is 9480. The predicted octanol–water partition coefficient (Wildman–Crippen LogP) is 34.9. The Kier molecular flexibility index (Phi) is 22.2. The first-order chi connectivity index (χ1) is 70.7. The highest BCUT2D eigenvalue weighted by Crippen LogP contribution is 2.44. The van der Waals surface area contributed by atoms with E-state index in [4.69, 9.17) is 49.8 Å². The number of hydrogen-bond donors (Lipinski definition) is 0. The number of imidazole rings is 1. The van der Waals surface area contributed by atoms with Crippen molar-refractivity contribution in [2.24, 2.45) is 0 Å². The van der Waals surface area contributed by atoms with Crippen molar-refractivity contribution >= 4 is 142 Å². The van der Waals surface area contributed by atoms with Gasteiger partial charge in [-0.1, -0.05) is 376 Å². The zero-order valence-corrected chi connectivity index (χ0v) is 79.9. The van der Waals surface area contributed by atoms with E-state index in [0.717, 1.165) is 94.8 Å². The maximum absolute atomic E-state index is 5.02. The fourth-order valence-electron chi connectivity index (χ4n) is 19.0. The molecule has 9 aromatic heterocycles. The lowest BCUT2D eigenvalue weighted by Gasteiger charge is -2.10. The summed E-state index contributed by atoms with van der Waals surface area (Å²) in [5.74, 6) is 5.83. The molecule has 28 rings (SSSR count). The van der Waals surface area contributed by atoms with Gasteiger partial charge in [0.05, 0.1) is 5.69 Å². The molecule has 0 amide bonds. The van der Waals surface area contributed by atoms with E-state index < -0.39 is 0 Å². The minimum Gasteiger partial charge on any atom is -0.306 e.